The summed E-state index contributed by atoms with van der Waals surface area (Å²) in [6, 6.07) is 4.71. The fraction of sp³-hybridized carbons (Fsp3) is 0.500. The molecule has 0 bridgehead atoms. The van der Waals surface area contributed by atoms with Crippen molar-refractivity contribution in [3.8, 4) is 0 Å². The lowest BCUT2D eigenvalue weighted by atomic mass is 9.96. The number of rotatable bonds is 2. The average Bonchev–Trinajstić information content (AvgIpc) is 2.32. The van der Waals surface area contributed by atoms with Crippen LogP contribution in [0.4, 0.5) is 0 Å². The highest BCUT2D eigenvalue weighted by molar-refractivity contribution is 7.89. The van der Waals surface area contributed by atoms with E-state index < -0.39 is 10.0 Å². The summed E-state index contributed by atoms with van der Waals surface area (Å²) in [4.78, 5) is -0.0130. The SMILES string of the molecule is CC1CN(S(=O)(=O)c2c(Cl)cccc2Cl)CCC1N.Cl. The Labute approximate surface area is 135 Å². The molecule has 0 aliphatic carbocycles. The van der Waals surface area contributed by atoms with E-state index in [9.17, 15) is 8.42 Å². The third-order valence-electron chi connectivity index (χ3n) is 3.45. The van der Waals surface area contributed by atoms with Gasteiger partial charge in [-0.3, -0.25) is 0 Å². The predicted molar refractivity (Wildman–Crippen MR) is 84.2 cm³/mol. The second-order valence-corrected chi connectivity index (χ2v) is 7.53. The highest BCUT2D eigenvalue weighted by Crippen LogP contribution is 2.33. The van der Waals surface area contributed by atoms with E-state index in [1.165, 1.54) is 16.4 Å². The minimum atomic E-state index is -3.67. The monoisotopic (exact) mass is 358 g/mol. The molecule has 8 heteroatoms. The first-order valence-corrected chi connectivity index (χ1v) is 8.23. The Balaban J connectivity index is 0.00000200. The van der Waals surface area contributed by atoms with Crippen LogP contribution in [0.15, 0.2) is 23.1 Å². The molecule has 0 amide bonds. The summed E-state index contributed by atoms with van der Waals surface area (Å²) in [5.74, 6) is 0.116. The van der Waals surface area contributed by atoms with Crippen molar-refractivity contribution in [2.75, 3.05) is 13.1 Å². The van der Waals surface area contributed by atoms with Gasteiger partial charge >= 0.3 is 0 Å². The van der Waals surface area contributed by atoms with E-state index >= 15 is 0 Å². The Kier molecular flexibility index (Phi) is 6.14. The quantitative estimate of drug-likeness (QED) is 0.883. The van der Waals surface area contributed by atoms with E-state index in [4.69, 9.17) is 28.9 Å². The van der Waals surface area contributed by atoms with Crippen LogP contribution in [0.5, 0.6) is 0 Å². The summed E-state index contributed by atoms with van der Waals surface area (Å²) in [7, 11) is -3.67. The van der Waals surface area contributed by atoms with Gasteiger partial charge in [-0.05, 0) is 24.5 Å². The van der Waals surface area contributed by atoms with E-state index in [1.54, 1.807) is 6.07 Å². The van der Waals surface area contributed by atoms with Crippen molar-refractivity contribution in [3.05, 3.63) is 28.2 Å². The van der Waals surface area contributed by atoms with Crippen molar-refractivity contribution in [1.29, 1.82) is 0 Å². The third kappa shape index (κ3) is 3.40. The van der Waals surface area contributed by atoms with E-state index in [2.05, 4.69) is 0 Å². The van der Waals surface area contributed by atoms with Crippen LogP contribution in [0.25, 0.3) is 0 Å². The van der Waals surface area contributed by atoms with Crippen LogP contribution >= 0.6 is 35.6 Å². The van der Waals surface area contributed by atoms with Crippen LogP contribution in [0.2, 0.25) is 10.0 Å². The van der Waals surface area contributed by atoms with Gasteiger partial charge in [0, 0.05) is 19.1 Å². The van der Waals surface area contributed by atoms with Gasteiger partial charge in [-0.1, -0.05) is 36.2 Å². The van der Waals surface area contributed by atoms with Gasteiger partial charge in [-0.2, -0.15) is 4.31 Å². The molecule has 1 saturated heterocycles. The van der Waals surface area contributed by atoms with Crippen molar-refractivity contribution in [2.24, 2.45) is 11.7 Å². The number of sulfonamides is 1. The summed E-state index contributed by atoms with van der Waals surface area (Å²) in [6.45, 7) is 2.74. The lowest BCUT2D eigenvalue weighted by Gasteiger charge is -2.34. The maximum Gasteiger partial charge on any atom is 0.246 e. The molecule has 2 N–H and O–H groups in total. The normalized spacial score (nSPS) is 24.2. The zero-order valence-electron chi connectivity index (χ0n) is 10.9. The Morgan fingerprint density at radius 1 is 1.30 bits per heavy atom. The maximum atomic E-state index is 12.6. The molecule has 4 nitrogen and oxygen atoms in total. The van der Waals surface area contributed by atoms with E-state index in [1.807, 2.05) is 6.92 Å². The molecular weight excluding hydrogens is 343 g/mol. The lowest BCUT2D eigenvalue weighted by molar-refractivity contribution is 0.250. The molecule has 2 atom stereocenters. The van der Waals surface area contributed by atoms with Crippen LogP contribution in [-0.2, 0) is 10.0 Å². The molecular formula is C12H17Cl3N2O2S. The van der Waals surface area contributed by atoms with E-state index in [0.29, 0.717) is 19.5 Å². The molecule has 0 aromatic heterocycles. The Hall–Kier alpha value is -0.0400. The number of nitrogens with two attached hydrogens (primary N) is 1. The number of hydrogen-bond donors (Lipinski definition) is 1. The van der Waals surface area contributed by atoms with Crippen molar-refractivity contribution < 1.29 is 8.42 Å². The molecule has 1 aromatic rings. The molecule has 0 spiro atoms. The fourth-order valence-corrected chi connectivity index (χ4v) is 4.85. The summed E-state index contributed by atoms with van der Waals surface area (Å²) >= 11 is 12.0. The number of piperidine rings is 1. The highest BCUT2D eigenvalue weighted by atomic mass is 35.5. The van der Waals surface area contributed by atoms with Gasteiger partial charge in [-0.25, -0.2) is 8.42 Å². The molecule has 1 fully saturated rings. The summed E-state index contributed by atoms with van der Waals surface area (Å²) in [5.41, 5.74) is 5.91. The number of halogens is 3. The smallest absolute Gasteiger partial charge is 0.246 e. The Morgan fingerprint density at radius 3 is 2.35 bits per heavy atom. The summed E-state index contributed by atoms with van der Waals surface area (Å²) in [6.07, 6.45) is 0.641. The van der Waals surface area contributed by atoms with Crippen molar-refractivity contribution in [1.82, 2.24) is 4.31 Å². The second-order valence-electron chi connectivity index (χ2n) is 4.84. The van der Waals surface area contributed by atoms with Crippen LogP contribution in [0, 0.1) is 5.92 Å². The topological polar surface area (TPSA) is 63.4 Å². The van der Waals surface area contributed by atoms with Gasteiger partial charge in [0.05, 0.1) is 10.0 Å². The van der Waals surface area contributed by atoms with Gasteiger partial charge in [0.1, 0.15) is 4.90 Å². The molecule has 1 aliphatic heterocycles. The molecule has 2 unspecified atom stereocenters. The largest absolute Gasteiger partial charge is 0.327 e. The highest BCUT2D eigenvalue weighted by Gasteiger charge is 2.34. The van der Waals surface area contributed by atoms with Gasteiger partial charge < -0.3 is 5.73 Å². The van der Waals surface area contributed by atoms with E-state index in [0.717, 1.165) is 0 Å². The van der Waals surface area contributed by atoms with Crippen molar-refractivity contribution in [3.63, 3.8) is 0 Å². The van der Waals surface area contributed by atoms with E-state index in [-0.39, 0.29) is 39.3 Å². The zero-order chi connectivity index (χ0) is 14.2. The first-order valence-electron chi connectivity index (χ1n) is 6.03. The Bertz CT molecular complexity index is 560. The molecule has 0 radical (unpaired) electrons. The van der Waals surface area contributed by atoms with Crippen LogP contribution < -0.4 is 5.73 Å². The van der Waals surface area contributed by atoms with Gasteiger partial charge in [-0.15, -0.1) is 12.4 Å². The van der Waals surface area contributed by atoms with Gasteiger partial charge in [0.2, 0.25) is 10.0 Å². The third-order valence-corrected chi connectivity index (χ3v) is 6.27. The first kappa shape index (κ1) is 18.0. The fourth-order valence-electron chi connectivity index (χ4n) is 2.20. The standard InChI is InChI=1S/C12H16Cl2N2O2S.ClH/c1-8-7-16(6-5-11(8)15)19(17,18)12-9(13)3-2-4-10(12)14;/h2-4,8,11H,5-7,15H2,1H3;1H. The molecule has 1 heterocycles. The Morgan fingerprint density at radius 2 is 1.85 bits per heavy atom. The minimum absolute atomic E-state index is 0. The molecule has 114 valence electrons. The maximum absolute atomic E-state index is 12.6. The number of benzene rings is 1. The molecule has 0 saturated carbocycles. The molecule has 1 aliphatic rings. The summed E-state index contributed by atoms with van der Waals surface area (Å²) < 4.78 is 26.6. The van der Waals surface area contributed by atoms with Gasteiger partial charge in [0.25, 0.3) is 0 Å². The van der Waals surface area contributed by atoms with Gasteiger partial charge in [0.15, 0.2) is 0 Å². The number of nitrogens with zero attached hydrogens (tertiary/aromatic N) is 1. The zero-order valence-corrected chi connectivity index (χ0v) is 14.1. The van der Waals surface area contributed by atoms with Crippen LogP contribution in [-0.4, -0.2) is 31.9 Å². The van der Waals surface area contributed by atoms with Crippen molar-refractivity contribution in [2.45, 2.75) is 24.3 Å². The molecule has 2 rings (SSSR count). The second kappa shape index (κ2) is 6.81. The lowest BCUT2D eigenvalue weighted by Crippen LogP contribution is -2.48. The predicted octanol–water partition coefficient (Wildman–Crippen LogP) is 2.77. The molecule has 1 aromatic carbocycles. The molecule has 20 heavy (non-hydrogen) atoms. The van der Waals surface area contributed by atoms with Crippen LogP contribution in [0.1, 0.15) is 13.3 Å². The van der Waals surface area contributed by atoms with Crippen LogP contribution in [0.3, 0.4) is 0 Å². The first-order chi connectivity index (χ1) is 8.84. The number of hydrogen-bond acceptors (Lipinski definition) is 3. The summed E-state index contributed by atoms with van der Waals surface area (Å²) in [5, 5.41) is 0.296. The van der Waals surface area contributed by atoms with Crippen molar-refractivity contribution >= 4 is 45.6 Å². The average molecular weight is 360 g/mol. The minimum Gasteiger partial charge on any atom is -0.327 e.